The van der Waals surface area contributed by atoms with Crippen LogP contribution in [0.5, 0.6) is 0 Å². The summed E-state index contributed by atoms with van der Waals surface area (Å²) in [5.74, 6) is 0.233. The molecule has 2 rings (SSSR count). The number of rotatable bonds is 2. The van der Waals surface area contributed by atoms with Gasteiger partial charge in [-0.3, -0.25) is 0 Å². The van der Waals surface area contributed by atoms with Crippen molar-refractivity contribution in [2.24, 2.45) is 5.14 Å². The number of sulfonamides is 1. The molecule has 0 saturated heterocycles. The third-order valence-corrected chi connectivity index (χ3v) is 3.48. The summed E-state index contributed by atoms with van der Waals surface area (Å²) in [5, 5.41) is 18.0. The van der Waals surface area contributed by atoms with E-state index in [9.17, 15) is 8.42 Å². The molecule has 0 radical (unpaired) electrons. The zero-order valence-electron chi connectivity index (χ0n) is 7.75. The predicted octanol–water partition coefficient (Wildman–Crippen LogP) is 0.277. The Balaban J connectivity index is 2.78. The molecule has 0 bridgehead atoms. The first kappa shape index (κ1) is 11.2. The van der Waals surface area contributed by atoms with Crippen LogP contribution in [0.15, 0.2) is 27.6 Å². The van der Waals surface area contributed by atoms with Crippen molar-refractivity contribution in [2.75, 3.05) is 0 Å². The van der Waals surface area contributed by atoms with Gasteiger partial charge in [0.25, 0.3) is 0 Å². The molecule has 0 aliphatic carbocycles. The van der Waals surface area contributed by atoms with E-state index >= 15 is 0 Å². The van der Waals surface area contributed by atoms with Crippen LogP contribution in [-0.4, -0.2) is 29.0 Å². The minimum absolute atomic E-state index is 0.0413. The third-order valence-electron chi connectivity index (χ3n) is 1.86. The Bertz CT molecular complexity index is 610. The second-order valence-corrected chi connectivity index (χ2v) is 5.29. The zero-order valence-corrected chi connectivity index (χ0v) is 10.2. The quantitative estimate of drug-likeness (QED) is 0.826. The highest BCUT2D eigenvalue weighted by Crippen LogP contribution is 2.30. The molecule has 0 atom stereocenters. The van der Waals surface area contributed by atoms with E-state index in [1.165, 1.54) is 6.07 Å². The second-order valence-electron chi connectivity index (χ2n) is 2.91. The van der Waals surface area contributed by atoms with Crippen molar-refractivity contribution in [1.82, 2.24) is 20.6 Å². The lowest BCUT2D eigenvalue weighted by Gasteiger charge is -2.06. The Morgan fingerprint density at radius 2 is 2.12 bits per heavy atom. The molecule has 1 aromatic heterocycles. The molecular formula is C7H6BrN5O2S. The molecule has 0 aliphatic rings. The van der Waals surface area contributed by atoms with Crippen molar-refractivity contribution < 1.29 is 8.42 Å². The molecule has 1 aromatic carbocycles. The van der Waals surface area contributed by atoms with Gasteiger partial charge in [-0.15, -0.1) is 5.10 Å². The topological polar surface area (TPSA) is 115 Å². The van der Waals surface area contributed by atoms with Crippen LogP contribution < -0.4 is 5.14 Å². The molecule has 0 aliphatic heterocycles. The molecule has 84 valence electrons. The normalized spacial score (nSPS) is 11.6. The van der Waals surface area contributed by atoms with E-state index in [-0.39, 0.29) is 10.7 Å². The van der Waals surface area contributed by atoms with Gasteiger partial charge in [0.05, 0.1) is 10.5 Å². The monoisotopic (exact) mass is 303 g/mol. The highest BCUT2D eigenvalue weighted by atomic mass is 79.9. The predicted molar refractivity (Wildman–Crippen MR) is 58.7 cm³/mol. The fraction of sp³-hybridized carbons (Fsp3) is 0. The number of primary sulfonamides is 1. The zero-order chi connectivity index (χ0) is 11.8. The van der Waals surface area contributed by atoms with Gasteiger partial charge in [0.15, 0.2) is 5.82 Å². The van der Waals surface area contributed by atoms with Gasteiger partial charge in [-0.05, 0) is 38.5 Å². The maximum absolute atomic E-state index is 11.4. The highest BCUT2D eigenvalue weighted by Gasteiger charge is 2.19. The molecule has 7 nitrogen and oxygen atoms in total. The summed E-state index contributed by atoms with van der Waals surface area (Å²) in [6.45, 7) is 0. The minimum atomic E-state index is -3.83. The Hall–Kier alpha value is -1.32. The van der Waals surface area contributed by atoms with Crippen molar-refractivity contribution in [3.05, 3.63) is 22.7 Å². The number of tetrazole rings is 1. The van der Waals surface area contributed by atoms with Crippen LogP contribution in [-0.2, 0) is 10.0 Å². The lowest BCUT2D eigenvalue weighted by Crippen LogP contribution is -2.13. The Kier molecular flexibility index (Phi) is 2.74. The lowest BCUT2D eigenvalue weighted by atomic mass is 10.2. The van der Waals surface area contributed by atoms with Crippen LogP contribution in [0.4, 0.5) is 0 Å². The molecule has 16 heavy (non-hydrogen) atoms. The van der Waals surface area contributed by atoms with Gasteiger partial charge in [-0.25, -0.2) is 18.7 Å². The van der Waals surface area contributed by atoms with E-state index < -0.39 is 10.0 Å². The molecule has 3 N–H and O–H groups in total. The smallest absolute Gasteiger partial charge is 0.238 e. The van der Waals surface area contributed by atoms with Crippen molar-refractivity contribution in [2.45, 2.75) is 4.90 Å². The molecule has 2 aromatic rings. The number of hydrogen-bond donors (Lipinski definition) is 2. The van der Waals surface area contributed by atoms with Crippen LogP contribution in [0.1, 0.15) is 0 Å². The Morgan fingerprint density at radius 1 is 1.38 bits per heavy atom. The summed E-state index contributed by atoms with van der Waals surface area (Å²) < 4.78 is 23.3. The van der Waals surface area contributed by atoms with Gasteiger partial charge in [-0.2, -0.15) is 0 Å². The molecule has 0 fully saturated rings. The Labute approximate surface area is 99.2 Å². The lowest BCUT2D eigenvalue weighted by molar-refractivity contribution is 0.598. The van der Waals surface area contributed by atoms with E-state index in [2.05, 4.69) is 36.6 Å². The first-order valence-corrected chi connectivity index (χ1v) is 6.39. The maximum Gasteiger partial charge on any atom is 0.238 e. The highest BCUT2D eigenvalue weighted by molar-refractivity contribution is 9.10. The molecule has 0 unspecified atom stereocenters. The average Bonchev–Trinajstić information content (AvgIpc) is 2.68. The van der Waals surface area contributed by atoms with Crippen molar-refractivity contribution in [3.63, 3.8) is 0 Å². The first-order valence-electron chi connectivity index (χ1n) is 4.05. The summed E-state index contributed by atoms with van der Waals surface area (Å²) in [4.78, 5) is -0.0413. The van der Waals surface area contributed by atoms with Gasteiger partial charge >= 0.3 is 0 Å². The molecule has 1 heterocycles. The van der Waals surface area contributed by atoms with Gasteiger partial charge < -0.3 is 0 Å². The second kappa shape index (κ2) is 3.92. The van der Waals surface area contributed by atoms with Gasteiger partial charge in [0.1, 0.15) is 0 Å². The third kappa shape index (κ3) is 1.96. The van der Waals surface area contributed by atoms with E-state index in [1.54, 1.807) is 12.1 Å². The van der Waals surface area contributed by atoms with Gasteiger partial charge in [0.2, 0.25) is 10.0 Å². The van der Waals surface area contributed by atoms with E-state index in [4.69, 9.17) is 5.14 Å². The molecule has 0 saturated carbocycles. The number of nitrogens with one attached hydrogen (secondary N) is 1. The van der Waals surface area contributed by atoms with Crippen LogP contribution in [0.3, 0.4) is 0 Å². The van der Waals surface area contributed by atoms with Crippen molar-refractivity contribution in [1.29, 1.82) is 0 Å². The Morgan fingerprint density at radius 3 is 2.69 bits per heavy atom. The number of nitrogens with zero attached hydrogens (tertiary/aromatic N) is 3. The largest absolute Gasteiger partial charge is 0.239 e. The fourth-order valence-electron chi connectivity index (χ4n) is 1.24. The fourth-order valence-corrected chi connectivity index (χ4v) is 2.68. The number of benzene rings is 1. The van der Waals surface area contributed by atoms with Crippen LogP contribution in [0.25, 0.3) is 11.4 Å². The van der Waals surface area contributed by atoms with Crippen LogP contribution in [0.2, 0.25) is 0 Å². The average molecular weight is 304 g/mol. The molecule has 9 heteroatoms. The summed E-state index contributed by atoms with van der Waals surface area (Å²) in [5.41, 5.74) is 0.315. The number of halogens is 1. The number of nitrogens with two attached hydrogens (primary N) is 1. The summed E-state index contributed by atoms with van der Waals surface area (Å²) in [7, 11) is -3.83. The van der Waals surface area contributed by atoms with Crippen LogP contribution in [0, 0.1) is 0 Å². The van der Waals surface area contributed by atoms with E-state index in [1.807, 2.05) is 0 Å². The van der Waals surface area contributed by atoms with Crippen molar-refractivity contribution in [3.8, 4) is 11.4 Å². The van der Waals surface area contributed by atoms with Crippen molar-refractivity contribution >= 4 is 26.0 Å². The first-order chi connectivity index (χ1) is 7.50. The van der Waals surface area contributed by atoms with E-state index in [0.29, 0.717) is 10.0 Å². The molecular weight excluding hydrogens is 298 g/mol. The molecule has 0 spiro atoms. The standard InChI is InChI=1S/C7H6BrN5O2S/c8-4-2-1-3-5(16(9,14)15)6(4)7-10-12-13-11-7/h1-3H,(H2,9,14,15)(H,10,11,12,13). The molecule has 0 amide bonds. The SMILES string of the molecule is NS(=O)(=O)c1cccc(Br)c1-c1nnn[nH]1. The van der Waals surface area contributed by atoms with Crippen LogP contribution >= 0.6 is 15.9 Å². The summed E-state index contributed by atoms with van der Waals surface area (Å²) in [6, 6.07) is 4.63. The number of hydrogen-bond acceptors (Lipinski definition) is 5. The summed E-state index contributed by atoms with van der Waals surface area (Å²) >= 11 is 3.23. The van der Waals surface area contributed by atoms with Gasteiger partial charge in [0, 0.05) is 4.47 Å². The maximum atomic E-state index is 11.4. The minimum Gasteiger partial charge on any atom is -0.239 e. The number of H-pyrrole nitrogens is 1. The summed E-state index contributed by atoms with van der Waals surface area (Å²) in [6.07, 6.45) is 0. The number of aromatic nitrogens is 4. The van der Waals surface area contributed by atoms with E-state index in [0.717, 1.165) is 0 Å². The number of aromatic amines is 1. The van der Waals surface area contributed by atoms with Gasteiger partial charge in [-0.1, -0.05) is 6.07 Å².